The number of ether oxygens (including phenoxy) is 3. The number of benzene rings is 1. The zero-order valence-corrected chi connectivity index (χ0v) is 19.4. The number of primary amides is 1. The second-order valence-electron chi connectivity index (χ2n) is 7.53. The maximum Gasteiger partial charge on any atom is 0.232 e. The van der Waals surface area contributed by atoms with Crippen molar-refractivity contribution >= 4 is 23.6 Å². The monoisotopic (exact) mass is 464 g/mol. The summed E-state index contributed by atoms with van der Waals surface area (Å²) in [6, 6.07) is 11.3. The van der Waals surface area contributed by atoms with Gasteiger partial charge in [0.25, 0.3) is 0 Å². The highest BCUT2D eigenvalue weighted by atomic mass is 32.7. The van der Waals surface area contributed by atoms with E-state index in [4.69, 9.17) is 19.9 Å². The van der Waals surface area contributed by atoms with E-state index in [0.717, 1.165) is 22.6 Å². The Bertz CT molecular complexity index is 889. The second kappa shape index (κ2) is 11.1. The third-order valence-corrected chi connectivity index (χ3v) is 11.1. The molecule has 1 amide bonds. The van der Waals surface area contributed by atoms with E-state index in [2.05, 4.69) is 4.98 Å². The fourth-order valence-corrected chi connectivity index (χ4v) is 8.62. The van der Waals surface area contributed by atoms with E-state index in [9.17, 15) is 9.36 Å². The number of pyridine rings is 1. The van der Waals surface area contributed by atoms with Gasteiger partial charge in [0.2, 0.25) is 5.91 Å². The van der Waals surface area contributed by atoms with Crippen molar-refractivity contribution in [1.29, 1.82) is 0 Å². The summed E-state index contributed by atoms with van der Waals surface area (Å²) >= 11 is 1.24. The molecule has 0 radical (unpaired) electrons. The Morgan fingerprint density at radius 3 is 2.61 bits per heavy atom. The molecule has 2 heterocycles. The minimum absolute atomic E-state index is 0.396. The summed E-state index contributed by atoms with van der Waals surface area (Å²) in [5.41, 5.74) is 6.72. The van der Waals surface area contributed by atoms with Crippen LogP contribution in [0.5, 0.6) is 5.75 Å². The first kappa shape index (κ1) is 23.8. The van der Waals surface area contributed by atoms with Crippen molar-refractivity contribution in [3.05, 3.63) is 54.4 Å². The number of nitrogens with zero attached hydrogens (tertiary/aromatic N) is 1. The van der Waals surface area contributed by atoms with Gasteiger partial charge in [-0.25, -0.2) is 0 Å². The average molecular weight is 465 g/mol. The molecule has 2 N–H and O–H groups in total. The second-order valence-corrected chi connectivity index (χ2v) is 13.4. The van der Waals surface area contributed by atoms with Crippen LogP contribution in [0.4, 0.5) is 0 Å². The van der Waals surface area contributed by atoms with E-state index in [1.807, 2.05) is 36.4 Å². The molecule has 0 saturated carbocycles. The number of aromatic nitrogens is 1. The van der Waals surface area contributed by atoms with Gasteiger partial charge in [-0.3, -0.25) is 9.78 Å². The third-order valence-electron chi connectivity index (χ3n) is 5.35. The van der Waals surface area contributed by atoms with Crippen molar-refractivity contribution < 1.29 is 23.6 Å². The molecule has 1 aromatic heterocycles. The molecule has 168 valence electrons. The summed E-state index contributed by atoms with van der Waals surface area (Å²) in [7, 11) is 0. The van der Waals surface area contributed by atoms with Gasteiger partial charge in [-0.05, 0) is 55.4 Å². The number of hydrogen-bond acceptors (Lipinski definition) is 7. The van der Waals surface area contributed by atoms with Crippen LogP contribution in [-0.2, 0) is 25.4 Å². The highest BCUT2D eigenvalue weighted by molar-refractivity contribution is 8.58. The molecule has 1 aliphatic rings. The summed E-state index contributed by atoms with van der Waals surface area (Å²) in [5.74, 6) is 0.234. The SMILES string of the molecule is CP(=O)(Sc1ccc(OCCCOCc2cccnc2)cc1)C1(C(N)=O)CCOCC1. The van der Waals surface area contributed by atoms with E-state index in [-0.39, 0.29) is 0 Å². The molecule has 0 aliphatic carbocycles. The maximum absolute atomic E-state index is 13.5. The van der Waals surface area contributed by atoms with E-state index in [0.29, 0.717) is 45.9 Å². The third kappa shape index (κ3) is 6.32. The number of hydrogen-bond donors (Lipinski definition) is 1. The van der Waals surface area contributed by atoms with E-state index < -0.39 is 17.4 Å². The van der Waals surface area contributed by atoms with E-state index >= 15 is 0 Å². The number of amides is 1. The molecular weight excluding hydrogens is 435 g/mol. The minimum atomic E-state index is -2.95. The molecule has 1 atom stereocenters. The van der Waals surface area contributed by atoms with E-state index in [1.54, 1.807) is 19.1 Å². The first-order valence-electron chi connectivity index (χ1n) is 10.3. The van der Waals surface area contributed by atoms with Gasteiger partial charge in [0.05, 0.1) is 19.8 Å². The van der Waals surface area contributed by atoms with E-state index in [1.165, 1.54) is 11.4 Å². The predicted molar refractivity (Wildman–Crippen MR) is 122 cm³/mol. The topological polar surface area (TPSA) is 101 Å². The number of nitrogens with two attached hydrogens (primary N) is 1. The highest BCUT2D eigenvalue weighted by Gasteiger charge is 2.51. The predicted octanol–water partition coefficient (Wildman–Crippen LogP) is 4.10. The Morgan fingerprint density at radius 1 is 1.23 bits per heavy atom. The van der Waals surface area contributed by atoms with Crippen molar-refractivity contribution in [3.8, 4) is 5.75 Å². The highest BCUT2D eigenvalue weighted by Crippen LogP contribution is 2.70. The summed E-state index contributed by atoms with van der Waals surface area (Å²) in [6.45, 7) is 4.14. The van der Waals surface area contributed by atoms with Gasteiger partial charge in [0.15, 0.2) is 6.34 Å². The van der Waals surface area contributed by atoms with Crippen molar-refractivity contribution in [1.82, 2.24) is 4.98 Å². The molecule has 1 unspecified atom stereocenters. The quantitative estimate of drug-likeness (QED) is 0.395. The Labute approximate surface area is 187 Å². The zero-order chi connectivity index (χ0) is 22.2. The van der Waals surface area contributed by atoms with Crippen LogP contribution in [0.25, 0.3) is 0 Å². The van der Waals surface area contributed by atoms with Crippen molar-refractivity contribution in [2.24, 2.45) is 5.73 Å². The molecule has 1 aliphatic heterocycles. The molecule has 31 heavy (non-hydrogen) atoms. The van der Waals surface area contributed by atoms with Gasteiger partial charge < -0.3 is 24.5 Å². The van der Waals surface area contributed by atoms with Crippen molar-refractivity contribution in [2.45, 2.75) is 35.9 Å². The van der Waals surface area contributed by atoms with Crippen LogP contribution in [0.3, 0.4) is 0 Å². The van der Waals surface area contributed by atoms with Crippen LogP contribution in [-0.4, -0.2) is 49.1 Å². The first-order valence-corrected chi connectivity index (χ1v) is 13.8. The van der Waals surface area contributed by atoms with Crippen LogP contribution in [0.1, 0.15) is 24.8 Å². The molecular formula is C22H29N2O5PS. The molecule has 0 bridgehead atoms. The Hall–Kier alpha value is -1.86. The smallest absolute Gasteiger partial charge is 0.232 e. The average Bonchev–Trinajstić information content (AvgIpc) is 2.78. The van der Waals surface area contributed by atoms with Gasteiger partial charge in [0, 0.05) is 36.9 Å². The molecule has 0 spiro atoms. The lowest BCUT2D eigenvalue weighted by atomic mass is 9.98. The van der Waals surface area contributed by atoms with Crippen LogP contribution >= 0.6 is 17.7 Å². The number of carbonyl (C=O) groups is 1. The standard InChI is InChI=1S/C22H29N2O5PS/c1-30(26,22(21(23)25)9-14-27-15-10-22)31-20-7-5-19(6-8-20)29-13-3-12-28-17-18-4-2-11-24-16-18/h2,4-8,11,16H,3,9-10,12-15,17H2,1H3,(H2,23,25). The van der Waals surface area contributed by atoms with Crippen LogP contribution in [0.15, 0.2) is 53.7 Å². The largest absolute Gasteiger partial charge is 0.494 e. The lowest BCUT2D eigenvalue weighted by molar-refractivity contribution is -0.122. The molecule has 9 heteroatoms. The van der Waals surface area contributed by atoms with Crippen LogP contribution < -0.4 is 10.5 Å². The van der Waals surface area contributed by atoms with Gasteiger partial charge in [-0.15, -0.1) is 0 Å². The van der Waals surface area contributed by atoms with Crippen LogP contribution in [0, 0.1) is 0 Å². The summed E-state index contributed by atoms with van der Waals surface area (Å²) in [5, 5.41) is -1.01. The number of rotatable bonds is 11. The summed E-state index contributed by atoms with van der Waals surface area (Å²) < 4.78 is 30.2. The summed E-state index contributed by atoms with van der Waals surface area (Å²) in [4.78, 5) is 17.1. The van der Waals surface area contributed by atoms with Crippen molar-refractivity contribution in [2.75, 3.05) is 33.1 Å². The molecule has 2 aromatic rings. The fraction of sp³-hybridized carbons (Fsp3) is 0.455. The minimum Gasteiger partial charge on any atom is -0.494 e. The Morgan fingerprint density at radius 2 is 1.97 bits per heavy atom. The zero-order valence-electron chi connectivity index (χ0n) is 17.7. The molecule has 7 nitrogen and oxygen atoms in total. The van der Waals surface area contributed by atoms with Crippen LogP contribution in [0.2, 0.25) is 0 Å². The molecule has 1 fully saturated rings. The van der Waals surface area contributed by atoms with Gasteiger partial charge in [-0.2, -0.15) is 0 Å². The van der Waals surface area contributed by atoms with Gasteiger partial charge in [-0.1, -0.05) is 17.4 Å². The lowest BCUT2D eigenvalue weighted by Gasteiger charge is -2.38. The van der Waals surface area contributed by atoms with Crippen molar-refractivity contribution in [3.63, 3.8) is 0 Å². The maximum atomic E-state index is 13.5. The lowest BCUT2D eigenvalue weighted by Crippen LogP contribution is -2.47. The molecule has 1 aromatic carbocycles. The Kier molecular flexibility index (Phi) is 8.55. The first-order chi connectivity index (χ1) is 14.9. The summed E-state index contributed by atoms with van der Waals surface area (Å²) in [6.07, 6.45) is 2.14. The van der Waals surface area contributed by atoms with Gasteiger partial charge >= 0.3 is 0 Å². The van der Waals surface area contributed by atoms with Gasteiger partial charge in [0.1, 0.15) is 10.9 Å². The normalized spacial score (nSPS) is 17.6. The fourth-order valence-electron chi connectivity index (χ4n) is 3.47. The Balaban J connectivity index is 1.45. The molecule has 1 saturated heterocycles. The number of carbonyl (C=O) groups excluding carboxylic acids is 1. The molecule has 3 rings (SSSR count).